The molecule has 0 saturated heterocycles. The van der Waals surface area contributed by atoms with Gasteiger partial charge < -0.3 is 20.1 Å². The molecular formula is C24H24N4O8S. The SMILES string of the molecule is COc1cc(NC(=O)c2ccccc2)c(OC)cc1NC(=O)CCNS(=O)(=O)c1ccc([N+](=O)[O-])cc1. The number of rotatable bonds is 11. The summed E-state index contributed by atoms with van der Waals surface area (Å²) in [5.41, 5.74) is 0.771. The summed E-state index contributed by atoms with van der Waals surface area (Å²) in [7, 11) is -1.18. The van der Waals surface area contributed by atoms with Crippen molar-refractivity contribution in [3.63, 3.8) is 0 Å². The van der Waals surface area contributed by atoms with Gasteiger partial charge in [-0.2, -0.15) is 0 Å². The molecule has 0 unspecified atom stereocenters. The van der Waals surface area contributed by atoms with Crippen LogP contribution in [0.5, 0.6) is 11.5 Å². The maximum atomic E-state index is 12.5. The number of anilines is 2. The fourth-order valence-corrected chi connectivity index (χ4v) is 4.25. The number of non-ortho nitro benzene ring substituents is 1. The molecule has 0 spiro atoms. The number of nitro groups is 1. The number of nitrogens with one attached hydrogen (secondary N) is 3. The first-order chi connectivity index (χ1) is 17.6. The molecule has 3 N–H and O–H groups in total. The highest BCUT2D eigenvalue weighted by Crippen LogP contribution is 2.36. The van der Waals surface area contributed by atoms with Gasteiger partial charge in [0.25, 0.3) is 11.6 Å². The van der Waals surface area contributed by atoms with Gasteiger partial charge in [-0.25, -0.2) is 13.1 Å². The number of hydrogen-bond donors (Lipinski definition) is 3. The fraction of sp³-hybridized carbons (Fsp3) is 0.167. The van der Waals surface area contributed by atoms with Crippen molar-refractivity contribution in [3.8, 4) is 11.5 Å². The van der Waals surface area contributed by atoms with E-state index in [9.17, 15) is 28.1 Å². The fourth-order valence-electron chi connectivity index (χ4n) is 3.22. The number of ether oxygens (including phenoxy) is 2. The number of hydrogen-bond acceptors (Lipinski definition) is 8. The molecule has 0 aliphatic heterocycles. The van der Waals surface area contributed by atoms with Crippen LogP contribution in [0.25, 0.3) is 0 Å². The quantitative estimate of drug-likeness (QED) is 0.252. The highest BCUT2D eigenvalue weighted by atomic mass is 32.2. The van der Waals surface area contributed by atoms with Crippen LogP contribution in [0.2, 0.25) is 0 Å². The second-order valence-corrected chi connectivity index (χ2v) is 9.29. The maximum absolute atomic E-state index is 12.5. The van der Waals surface area contributed by atoms with Gasteiger partial charge in [0, 0.05) is 42.8 Å². The second kappa shape index (κ2) is 12.0. The molecule has 2 amide bonds. The minimum Gasteiger partial charge on any atom is -0.494 e. The summed E-state index contributed by atoms with van der Waals surface area (Å²) in [6.45, 7) is -0.226. The minimum atomic E-state index is -3.97. The Balaban J connectivity index is 1.64. The van der Waals surface area contributed by atoms with Gasteiger partial charge in [-0.1, -0.05) is 18.2 Å². The summed E-state index contributed by atoms with van der Waals surface area (Å²) < 4.78 is 37.7. The monoisotopic (exact) mass is 528 g/mol. The first-order valence-corrected chi connectivity index (χ1v) is 12.3. The molecule has 0 bridgehead atoms. The number of amides is 2. The molecule has 12 nitrogen and oxygen atoms in total. The number of nitrogens with zero attached hydrogens (tertiary/aromatic N) is 1. The normalized spacial score (nSPS) is 10.9. The molecule has 0 aliphatic carbocycles. The Kier molecular flexibility index (Phi) is 8.77. The van der Waals surface area contributed by atoms with E-state index < -0.39 is 20.9 Å². The molecule has 0 radical (unpaired) electrons. The van der Waals surface area contributed by atoms with Gasteiger partial charge in [0.05, 0.1) is 35.4 Å². The van der Waals surface area contributed by atoms with Crippen molar-refractivity contribution >= 4 is 38.9 Å². The molecular weight excluding hydrogens is 504 g/mol. The summed E-state index contributed by atoms with van der Waals surface area (Å²) in [5.74, 6) is -0.380. The average molecular weight is 529 g/mol. The number of sulfonamides is 1. The van der Waals surface area contributed by atoms with E-state index in [2.05, 4.69) is 15.4 Å². The molecule has 0 aliphatic rings. The van der Waals surface area contributed by atoms with Crippen molar-refractivity contribution in [3.05, 3.63) is 82.4 Å². The van der Waals surface area contributed by atoms with Gasteiger partial charge in [0.2, 0.25) is 15.9 Å². The Labute approximate surface area is 212 Å². The van der Waals surface area contributed by atoms with Crippen molar-refractivity contribution in [1.29, 1.82) is 0 Å². The van der Waals surface area contributed by atoms with Gasteiger partial charge >= 0.3 is 0 Å². The molecule has 0 heterocycles. The number of methoxy groups -OCH3 is 2. The number of carbonyl (C=O) groups is 2. The molecule has 3 aromatic carbocycles. The zero-order valence-electron chi connectivity index (χ0n) is 19.9. The van der Waals surface area contributed by atoms with Crippen LogP contribution in [0.15, 0.2) is 71.6 Å². The molecule has 13 heteroatoms. The summed E-state index contributed by atoms with van der Waals surface area (Å²) in [4.78, 5) is 34.9. The zero-order valence-corrected chi connectivity index (χ0v) is 20.7. The van der Waals surface area contributed by atoms with E-state index in [1.165, 1.54) is 26.4 Å². The highest BCUT2D eigenvalue weighted by Gasteiger charge is 2.18. The number of carbonyl (C=O) groups excluding carboxylic acids is 2. The lowest BCUT2D eigenvalue weighted by Crippen LogP contribution is -2.28. The van der Waals surface area contributed by atoms with Gasteiger partial charge in [-0.15, -0.1) is 0 Å². The van der Waals surface area contributed by atoms with Gasteiger partial charge in [0.1, 0.15) is 11.5 Å². The van der Waals surface area contributed by atoms with E-state index in [1.807, 2.05) is 0 Å². The highest BCUT2D eigenvalue weighted by molar-refractivity contribution is 7.89. The molecule has 37 heavy (non-hydrogen) atoms. The van der Waals surface area contributed by atoms with E-state index in [0.29, 0.717) is 11.3 Å². The van der Waals surface area contributed by atoms with Crippen molar-refractivity contribution < 1.29 is 32.4 Å². The number of nitro benzene ring substituents is 1. The third-order valence-corrected chi connectivity index (χ3v) is 6.56. The zero-order chi connectivity index (χ0) is 27.0. The maximum Gasteiger partial charge on any atom is 0.269 e. The van der Waals surface area contributed by atoms with Crippen LogP contribution in [0.4, 0.5) is 17.1 Å². The third kappa shape index (κ3) is 7.02. The molecule has 0 fully saturated rings. The van der Waals surface area contributed by atoms with Crippen molar-refractivity contribution in [2.24, 2.45) is 0 Å². The van der Waals surface area contributed by atoms with Crippen LogP contribution in [0.1, 0.15) is 16.8 Å². The van der Waals surface area contributed by atoms with Crippen molar-refractivity contribution in [1.82, 2.24) is 4.72 Å². The minimum absolute atomic E-state index is 0.168. The van der Waals surface area contributed by atoms with Crippen LogP contribution in [0, 0.1) is 10.1 Å². The molecule has 194 valence electrons. The van der Waals surface area contributed by atoms with E-state index in [1.54, 1.807) is 30.3 Å². The second-order valence-electron chi connectivity index (χ2n) is 7.52. The summed E-state index contributed by atoms with van der Waals surface area (Å²) in [6.07, 6.45) is -0.218. The summed E-state index contributed by atoms with van der Waals surface area (Å²) >= 11 is 0. The Morgan fingerprint density at radius 2 is 1.46 bits per heavy atom. The molecule has 0 atom stereocenters. The lowest BCUT2D eigenvalue weighted by molar-refractivity contribution is -0.384. The summed E-state index contributed by atoms with van der Waals surface area (Å²) in [5, 5.41) is 16.1. The first-order valence-electron chi connectivity index (χ1n) is 10.8. The van der Waals surface area contributed by atoms with Gasteiger partial charge in [-0.05, 0) is 24.3 Å². The Morgan fingerprint density at radius 3 is 2.00 bits per heavy atom. The van der Waals surface area contributed by atoms with E-state index >= 15 is 0 Å². The van der Waals surface area contributed by atoms with Crippen LogP contribution < -0.4 is 24.8 Å². The van der Waals surface area contributed by atoms with E-state index in [4.69, 9.17) is 9.47 Å². The van der Waals surface area contributed by atoms with Crippen LogP contribution in [-0.4, -0.2) is 45.9 Å². The van der Waals surface area contributed by atoms with Crippen molar-refractivity contribution in [2.75, 3.05) is 31.4 Å². The Morgan fingerprint density at radius 1 is 0.892 bits per heavy atom. The molecule has 3 rings (SSSR count). The summed E-state index contributed by atoms with van der Waals surface area (Å²) in [6, 6.07) is 15.9. The van der Waals surface area contributed by atoms with Crippen LogP contribution in [0.3, 0.4) is 0 Å². The van der Waals surface area contributed by atoms with Crippen LogP contribution >= 0.6 is 0 Å². The molecule has 3 aromatic rings. The first kappa shape index (κ1) is 27.1. The predicted molar refractivity (Wildman–Crippen MR) is 135 cm³/mol. The largest absolute Gasteiger partial charge is 0.494 e. The average Bonchev–Trinajstić information content (AvgIpc) is 2.89. The van der Waals surface area contributed by atoms with Crippen LogP contribution in [-0.2, 0) is 14.8 Å². The Hall–Kier alpha value is -4.49. The van der Waals surface area contributed by atoms with E-state index in [0.717, 1.165) is 24.3 Å². The smallest absolute Gasteiger partial charge is 0.269 e. The van der Waals surface area contributed by atoms with E-state index in [-0.39, 0.29) is 46.6 Å². The number of benzene rings is 3. The van der Waals surface area contributed by atoms with Crippen molar-refractivity contribution in [2.45, 2.75) is 11.3 Å². The topological polar surface area (TPSA) is 166 Å². The molecule has 0 saturated carbocycles. The lowest BCUT2D eigenvalue weighted by Gasteiger charge is -2.16. The van der Waals surface area contributed by atoms with Gasteiger partial charge in [0.15, 0.2) is 0 Å². The third-order valence-electron chi connectivity index (χ3n) is 5.08. The standard InChI is InChI=1S/C24H24N4O8S/c1-35-21-15-20(27-24(30)16-6-4-3-5-7-16)22(36-2)14-19(21)26-23(29)12-13-25-37(33,34)18-10-8-17(9-11-18)28(31)32/h3-11,14-15,25H,12-13H2,1-2H3,(H,26,29)(H,27,30). The predicted octanol–water partition coefficient (Wildman–Crippen LogP) is 3.17. The molecule has 0 aromatic heterocycles. The Bertz CT molecular complexity index is 1390. The lowest BCUT2D eigenvalue weighted by atomic mass is 10.2. The van der Waals surface area contributed by atoms with Gasteiger partial charge in [-0.3, -0.25) is 19.7 Å².